The molecule has 0 aromatic heterocycles. The van der Waals surface area contributed by atoms with Crippen molar-refractivity contribution in [2.24, 2.45) is 4.99 Å². The predicted octanol–water partition coefficient (Wildman–Crippen LogP) is 4.86. The van der Waals surface area contributed by atoms with E-state index in [1.165, 1.54) is 11.8 Å². The number of benzene rings is 2. The fourth-order valence-corrected chi connectivity index (χ4v) is 4.00. The summed E-state index contributed by atoms with van der Waals surface area (Å²) in [5.41, 5.74) is 3.60. The van der Waals surface area contributed by atoms with Gasteiger partial charge in [0.15, 0.2) is 5.17 Å². The van der Waals surface area contributed by atoms with E-state index in [4.69, 9.17) is 21.3 Å². The van der Waals surface area contributed by atoms with Crippen molar-refractivity contribution in [1.82, 2.24) is 5.32 Å². The molecule has 2 aromatic carbocycles. The van der Waals surface area contributed by atoms with Crippen molar-refractivity contribution in [3.05, 3.63) is 76.0 Å². The molecular weight excluding hydrogens is 434 g/mol. The van der Waals surface area contributed by atoms with Crippen LogP contribution >= 0.6 is 23.4 Å². The van der Waals surface area contributed by atoms with Crippen LogP contribution in [0.5, 0.6) is 0 Å². The van der Waals surface area contributed by atoms with E-state index in [0.29, 0.717) is 27.1 Å². The molecule has 0 radical (unpaired) electrons. The van der Waals surface area contributed by atoms with Crippen molar-refractivity contribution in [1.29, 1.82) is 0 Å². The quantitative estimate of drug-likeness (QED) is 0.605. The van der Waals surface area contributed by atoms with E-state index >= 15 is 0 Å². The third-order valence-electron chi connectivity index (χ3n) is 4.62. The summed E-state index contributed by atoms with van der Waals surface area (Å²) in [5, 5.41) is 7.13. The number of rotatable bonds is 6. The van der Waals surface area contributed by atoms with E-state index in [9.17, 15) is 9.59 Å². The maximum atomic E-state index is 12.5. The Balaban J connectivity index is 1.73. The van der Waals surface area contributed by atoms with E-state index in [1.54, 1.807) is 13.0 Å². The van der Waals surface area contributed by atoms with Crippen LogP contribution < -0.4 is 10.6 Å². The van der Waals surface area contributed by atoms with Crippen LogP contribution in [0, 0.1) is 6.92 Å². The molecule has 0 spiro atoms. The van der Waals surface area contributed by atoms with Gasteiger partial charge in [-0.15, -0.1) is 0 Å². The van der Waals surface area contributed by atoms with Crippen LogP contribution in [0.15, 0.2) is 64.8 Å². The molecule has 6 nitrogen and oxygen atoms in total. The van der Waals surface area contributed by atoms with Crippen LogP contribution in [0.25, 0.3) is 0 Å². The molecule has 3 rings (SSSR count). The summed E-state index contributed by atoms with van der Waals surface area (Å²) in [6.07, 6.45) is 0. The van der Waals surface area contributed by atoms with Crippen molar-refractivity contribution < 1.29 is 14.3 Å². The van der Waals surface area contributed by atoms with Crippen LogP contribution in [0.4, 0.5) is 5.69 Å². The number of aryl methyl sites for hydroxylation is 1. The van der Waals surface area contributed by atoms with Gasteiger partial charge in [-0.05, 0) is 44.0 Å². The highest BCUT2D eigenvalue weighted by Gasteiger charge is 2.30. The molecule has 0 bridgehead atoms. The van der Waals surface area contributed by atoms with Crippen LogP contribution in [0.2, 0.25) is 5.02 Å². The molecule has 1 heterocycles. The molecule has 1 aliphatic heterocycles. The number of nitrogens with one attached hydrogen (secondary N) is 2. The zero-order chi connectivity index (χ0) is 22.4. The molecule has 2 aromatic rings. The van der Waals surface area contributed by atoms with Gasteiger partial charge in [-0.1, -0.05) is 59.8 Å². The molecule has 0 unspecified atom stereocenters. The number of thioether (sulfide) groups is 1. The highest BCUT2D eigenvalue weighted by molar-refractivity contribution is 8.14. The SMILES string of the molecule is CCOC(=O)C1=C(C)NC(SCC(=O)Nc2ccc(C)c(Cl)c2)=N[C@@H]1c1ccccc1. The first-order valence-electron chi connectivity index (χ1n) is 9.85. The molecule has 162 valence electrons. The predicted molar refractivity (Wildman–Crippen MR) is 126 cm³/mol. The van der Waals surface area contributed by atoms with Crippen LogP contribution in [-0.4, -0.2) is 29.4 Å². The summed E-state index contributed by atoms with van der Waals surface area (Å²) in [6.45, 7) is 5.77. The van der Waals surface area contributed by atoms with E-state index in [0.717, 1.165) is 11.1 Å². The number of aliphatic imine (C=N–C) groups is 1. The molecule has 0 saturated carbocycles. The Bertz CT molecular complexity index is 1040. The number of allylic oxidation sites excluding steroid dienone is 1. The second-order valence-electron chi connectivity index (χ2n) is 6.93. The number of esters is 1. The number of carbonyl (C=O) groups is 2. The lowest BCUT2D eigenvalue weighted by atomic mass is 9.97. The lowest BCUT2D eigenvalue weighted by Gasteiger charge is -2.25. The molecular formula is C23H24ClN3O3S. The molecule has 2 N–H and O–H groups in total. The summed E-state index contributed by atoms with van der Waals surface area (Å²) in [5.74, 6) is -0.424. The first kappa shape index (κ1) is 22.9. The van der Waals surface area contributed by atoms with Crippen molar-refractivity contribution >= 4 is 46.1 Å². The lowest BCUT2D eigenvalue weighted by molar-refractivity contribution is -0.139. The molecule has 31 heavy (non-hydrogen) atoms. The fourth-order valence-electron chi connectivity index (χ4n) is 3.07. The van der Waals surface area contributed by atoms with E-state index < -0.39 is 12.0 Å². The zero-order valence-electron chi connectivity index (χ0n) is 17.6. The Kier molecular flexibility index (Phi) is 7.76. The van der Waals surface area contributed by atoms with E-state index in [1.807, 2.05) is 56.3 Å². The van der Waals surface area contributed by atoms with Gasteiger partial charge in [0.25, 0.3) is 0 Å². The maximum Gasteiger partial charge on any atom is 0.338 e. The van der Waals surface area contributed by atoms with Crippen LogP contribution in [0.1, 0.15) is 31.0 Å². The minimum atomic E-state index is -0.497. The number of anilines is 1. The number of carbonyl (C=O) groups excluding carboxylic acids is 2. The number of hydrogen-bond donors (Lipinski definition) is 2. The Morgan fingerprint density at radius 3 is 2.61 bits per heavy atom. The number of nitrogens with zero attached hydrogens (tertiary/aromatic N) is 1. The molecule has 0 fully saturated rings. The molecule has 1 amide bonds. The molecule has 8 heteroatoms. The fraction of sp³-hybridized carbons (Fsp3) is 0.261. The Hall–Kier alpha value is -2.77. The maximum absolute atomic E-state index is 12.5. The average molecular weight is 458 g/mol. The van der Waals surface area contributed by atoms with E-state index in [2.05, 4.69) is 10.6 Å². The molecule has 1 aliphatic rings. The van der Waals surface area contributed by atoms with Crippen LogP contribution in [0.3, 0.4) is 0 Å². The highest BCUT2D eigenvalue weighted by atomic mass is 35.5. The number of ether oxygens (including phenoxy) is 1. The summed E-state index contributed by atoms with van der Waals surface area (Å²) < 4.78 is 5.23. The minimum Gasteiger partial charge on any atom is -0.463 e. The monoisotopic (exact) mass is 457 g/mol. The highest BCUT2D eigenvalue weighted by Crippen LogP contribution is 2.32. The Morgan fingerprint density at radius 2 is 1.94 bits per heavy atom. The smallest absolute Gasteiger partial charge is 0.338 e. The normalized spacial score (nSPS) is 15.7. The lowest BCUT2D eigenvalue weighted by Crippen LogP contribution is -2.31. The summed E-state index contributed by atoms with van der Waals surface area (Å²) in [6, 6.07) is 14.4. The van der Waals surface area contributed by atoms with Crippen molar-refractivity contribution in [2.75, 3.05) is 17.7 Å². The Labute approximate surface area is 191 Å². The second kappa shape index (κ2) is 10.5. The molecule has 1 atom stereocenters. The van der Waals surface area contributed by atoms with E-state index in [-0.39, 0.29) is 18.3 Å². The van der Waals surface area contributed by atoms with Crippen molar-refractivity contribution in [3.8, 4) is 0 Å². The van der Waals surface area contributed by atoms with Gasteiger partial charge in [-0.25, -0.2) is 9.79 Å². The molecule has 0 aliphatic carbocycles. The van der Waals surface area contributed by atoms with Gasteiger partial charge in [0, 0.05) is 16.4 Å². The Morgan fingerprint density at radius 1 is 1.19 bits per heavy atom. The first-order chi connectivity index (χ1) is 14.9. The number of hydrogen-bond acceptors (Lipinski definition) is 6. The number of amides is 1. The number of halogens is 1. The standard InChI is InChI=1S/C23H24ClN3O3S/c1-4-30-22(29)20-15(3)25-23(27-21(20)16-8-6-5-7-9-16)31-13-19(28)26-17-11-10-14(2)18(24)12-17/h5-12,21H,4,13H2,1-3H3,(H,25,27)(H,26,28)/t21-/m1/s1. The summed E-state index contributed by atoms with van der Waals surface area (Å²) >= 11 is 7.39. The van der Waals surface area contributed by atoms with Gasteiger partial charge in [-0.3, -0.25) is 4.79 Å². The minimum absolute atomic E-state index is 0.154. The zero-order valence-corrected chi connectivity index (χ0v) is 19.1. The molecule has 0 saturated heterocycles. The topological polar surface area (TPSA) is 79.8 Å². The largest absolute Gasteiger partial charge is 0.463 e. The third-order valence-corrected chi connectivity index (χ3v) is 5.92. The van der Waals surface area contributed by atoms with Crippen molar-refractivity contribution in [2.45, 2.75) is 26.8 Å². The third kappa shape index (κ3) is 5.89. The van der Waals surface area contributed by atoms with Gasteiger partial charge in [0.05, 0.1) is 17.9 Å². The number of amidine groups is 1. The first-order valence-corrected chi connectivity index (χ1v) is 11.2. The van der Waals surface area contributed by atoms with Crippen molar-refractivity contribution in [3.63, 3.8) is 0 Å². The van der Waals surface area contributed by atoms with Gasteiger partial charge in [0.2, 0.25) is 5.91 Å². The summed E-state index contributed by atoms with van der Waals surface area (Å²) in [7, 11) is 0. The van der Waals surface area contributed by atoms with Crippen LogP contribution in [-0.2, 0) is 14.3 Å². The van der Waals surface area contributed by atoms with Gasteiger partial charge in [0.1, 0.15) is 6.04 Å². The average Bonchev–Trinajstić information content (AvgIpc) is 2.75. The van der Waals surface area contributed by atoms with Gasteiger partial charge in [-0.2, -0.15) is 0 Å². The summed E-state index contributed by atoms with van der Waals surface area (Å²) in [4.78, 5) is 29.6. The second-order valence-corrected chi connectivity index (χ2v) is 8.30. The van der Waals surface area contributed by atoms with Gasteiger partial charge < -0.3 is 15.4 Å². The van der Waals surface area contributed by atoms with Gasteiger partial charge >= 0.3 is 5.97 Å².